The van der Waals surface area contributed by atoms with Crippen molar-refractivity contribution in [1.82, 2.24) is 0 Å². The molecule has 0 aliphatic heterocycles. The first kappa shape index (κ1) is 15.9. The minimum absolute atomic E-state index is 0.176. The van der Waals surface area contributed by atoms with Crippen LogP contribution in [0.15, 0.2) is 48.6 Å². The van der Waals surface area contributed by atoms with E-state index in [0.29, 0.717) is 12.5 Å². The van der Waals surface area contributed by atoms with E-state index in [1.165, 1.54) is 36.6 Å². The van der Waals surface area contributed by atoms with Crippen LogP contribution in [-0.2, 0) is 10.2 Å². The van der Waals surface area contributed by atoms with Crippen LogP contribution in [0.25, 0.3) is 10.8 Å². The normalized spacial score (nSPS) is 37.9. The number of hydrogen-bond donors (Lipinski definition) is 0. The van der Waals surface area contributed by atoms with Gasteiger partial charge < -0.3 is 4.74 Å². The number of allylic oxidation sites excluding steroid dienone is 2. The number of rotatable bonds is 3. The zero-order chi connectivity index (χ0) is 18.2. The predicted octanol–water partition coefficient (Wildman–Crippen LogP) is 5.51. The summed E-state index contributed by atoms with van der Waals surface area (Å²) in [6, 6.07) is 12.8. The minimum atomic E-state index is -0.176. The van der Waals surface area contributed by atoms with Gasteiger partial charge in [-0.3, -0.25) is 0 Å². The summed E-state index contributed by atoms with van der Waals surface area (Å²) in [4.78, 5) is 12.8. The molecular weight excluding hydrogens is 332 g/mol. The number of esters is 1. The third kappa shape index (κ3) is 1.84. The monoisotopic (exact) mass is 358 g/mol. The van der Waals surface area contributed by atoms with Gasteiger partial charge in [0, 0.05) is 5.41 Å². The Labute approximate surface area is 160 Å². The maximum Gasteiger partial charge on any atom is 0.338 e. The van der Waals surface area contributed by atoms with Crippen molar-refractivity contribution in [3.05, 3.63) is 59.7 Å². The molecule has 6 rings (SSSR count). The van der Waals surface area contributed by atoms with E-state index < -0.39 is 0 Å². The number of fused-ring (bicyclic) bond motifs is 10. The van der Waals surface area contributed by atoms with Gasteiger partial charge in [0.2, 0.25) is 0 Å². The molecule has 6 unspecified atom stereocenters. The fraction of sp³-hybridized carbons (Fsp3) is 0.480. The summed E-state index contributed by atoms with van der Waals surface area (Å²) in [5, 5.41) is 2.35. The molecule has 0 aromatic heterocycles. The van der Waals surface area contributed by atoms with Crippen LogP contribution in [0.5, 0.6) is 0 Å². The standard InChI is InChI=1S/C25H26O2/c1-2-27-24(26)20-7-3-5-15-6-4-8-21(22(15)20)25-18-11-9-16(13-18)23(25)17-10-12-19(25)14-17/h3-9,11,16-19,23H,2,10,12-14H2,1H3. The van der Waals surface area contributed by atoms with E-state index in [4.69, 9.17) is 4.74 Å². The zero-order valence-corrected chi connectivity index (χ0v) is 15.9. The summed E-state index contributed by atoms with van der Waals surface area (Å²) >= 11 is 0. The molecule has 0 N–H and O–H groups in total. The molecule has 0 spiro atoms. The highest BCUT2D eigenvalue weighted by Crippen LogP contribution is 2.73. The van der Waals surface area contributed by atoms with Crippen LogP contribution in [0, 0.1) is 29.6 Å². The Hall–Kier alpha value is -2.09. The van der Waals surface area contributed by atoms with Gasteiger partial charge in [0.15, 0.2) is 0 Å². The van der Waals surface area contributed by atoms with E-state index >= 15 is 0 Å². The first-order valence-electron chi connectivity index (χ1n) is 10.6. The molecule has 2 heteroatoms. The van der Waals surface area contributed by atoms with E-state index in [1.807, 2.05) is 19.1 Å². The Morgan fingerprint density at radius 2 is 1.96 bits per heavy atom. The molecule has 0 amide bonds. The molecule has 3 fully saturated rings. The van der Waals surface area contributed by atoms with Crippen molar-refractivity contribution >= 4 is 16.7 Å². The molecule has 2 aromatic carbocycles. The lowest BCUT2D eigenvalue weighted by Gasteiger charge is -2.46. The summed E-state index contributed by atoms with van der Waals surface area (Å²) in [7, 11) is 0. The Morgan fingerprint density at radius 1 is 1.11 bits per heavy atom. The number of ether oxygens (including phenoxy) is 1. The lowest BCUT2D eigenvalue weighted by atomic mass is 9.57. The second-order valence-corrected chi connectivity index (χ2v) is 9.05. The Kier molecular flexibility index (Phi) is 3.22. The van der Waals surface area contributed by atoms with Crippen molar-refractivity contribution in [1.29, 1.82) is 0 Å². The maximum atomic E-state index is 12.8. The third-order valence-corrected chi connectivity index (χ3v) is 8.27. The molecule has 0 saturated heterocycles. The van der Waals surface area contributed by atoms with Crippen molar-refractivity contribution in [2.24, 2.45) is 29.6 Å². The van der Waals surface area contributed by atoms with Crippen molar-refractivity contribution in [2.45, 2.75) is 38.0 Å². The summed E-state index contributed by atoms with van der Waals surface area (Å²) in [5.41, 5.74) is 2.44. The fourth-order valence-corrected chi connectivity index (χ4v) is 7.72. The first-order valence-corrected chi connectivity index (χ1v) is 10.6. The molecule has 6 atom stereocenters. The molecule has 4 aliphatic carbocycles. The van der Waals surface area contributed by atoms with Gasteiger partial charge >= 0.3 is 5.97 Å². The summed E-state index contributed by atoms with van der Waals surface area (Å²) in [6.07, 6.45) is 10.5. The van der Waals surface area contributed by atoms with Crippen LogP contribution in [0.2, 0.25) is 0 Å². The third-order valence-electron chi connectivity index (χ3n) is 8.27. The molecule has 3 saturated carbocycles. The lowest BCUT2D eigenvalue weighted by Crippen LogP contribution is -2.44. The van der Waals surface area contributed by atoms with Gasteiger partial charge in [-0.1, -0.05) is 42.5 Å². The smallest absolute Gasteiger partial charge is 0.338 e. The maximum absolute atomic E-state index is 12.8. The molecule has 0 radical (unpaired) electrons. The molecule has 2 nitrogen and oxygen atoms in total. The van der Waals surface area contributed by atoms with Gasteiger partial charge in [0.25, 0.3) is 0 Å². The van der Waals surface area contributed by atoms with Crippen molar-refractivity contribution in [3.63, 3.8) is 0 Å². The van der Waals surface area contributed by atoms with Crippen LogP contribution >= 0.6 is 0 Å². The lowest BCUT2D eigenvalue weighted by molar-refractivity contribution is 0.0528. The van der Waals surface area contributed by atoms with Gasteiger partial charge in [-0.25, -0.2) is 4.79 Å². The van der Waals surface area contributed by atoms with Gasteiger partial charge in [0.1, 0.15) is 0 Å². The average Bonchev–Trinajstić information content (AvgIpc) is 3.46. The molecule has 138 valence electrons. The fourth-order valence-electron chi connectivity index (χ4n) is 7.72. The molecule has 0 heterocycles. The Morgan fingerprint density at radius 3 is 2.81 bits per heavy atom. The molecular formula is C25H26O2. The number of carbonyl (C=O) groups is 1. The van der Waals surface area contributed by atoms with E-state index in [-0.39, 0.29) is 11.4 Å². The quantitative estimate of drug-likeness (QED) is 0.411. The highest BCUT2D eigenvalue weighted by atomic mass is 16.5. The van der Waals surface area contributed by atoms with E-state index in [9.17, 15) is 4.79 Å². The van der Waals surface area contributed by atoms with Crippen LogP contribution < -0.4 is 0 Å². The summed E-state index contributed by atoms with van der Waals surface area (Å²) in [5.74, 6) is 3.63. The molecule has 27 heavy (non-hydrogen) atoms. The summed E-state index contributed by atoms with van der Waals surface area (Å²) in [6.45, 7) is 2.30. The average molecular weight is 358 g/mol. The van der Waals surface area contributed by atoms with Crippen molar-refractivity contribution in [3.8, 4) is 0 Å². The second-order valence-electron chi connectivity index (χ2n) is 9.05. The second kappa shape index (κ2) is 5.47. The van der Waals surface area contributed by atoms with Gasteiger partial charge in [-0.2, -0.15) is 0 Å². The molecule has 4 bridgehead atoms. The summed E-state index contributed by atoms with van der Waals surface area (Å²) < 4.78 is 5.43. The highest BCUT2D eigenvalue weighted by Gasteiger charge is 2.68. The van der Waals surface area contributed by atoms with Crippen molar-refractivity contribution < 1.29 is 9.53 Å². The predicted molar refractivity (Wildman–Crippen MR) is 107 cm³/mol. The van der Waals surface area contributed by atoms with E-state index in [0.717, 1.165) is 34.6 Å². The number of benzene rings is 2. The zero-order valence-electron chi connectivity index (χ0n) is 15.9. The van der Waals surface area contributed by atoms with Crippen LogP contribution in [-0.4, -0.2) is 12.6 Å². The Bertz CT molecular complexity index is 968. The first-order chi connectivity index (χ1) is 13.2. The van der Waals surface area contributed by atoms with E-state index in [2.05, 4.69) is 36.4 Å². The van der Waals surface area contributed by atoms with Crippen molar-refractivity contribution in [2.75, 3.05) is 6.61 Å². The van der Waals surface area contributed by atoms with Crippen LogP contribution in [0.1, 0.15) is 48.5 Å². The number of hydrogen-bond acceptors (Lipinski definition) is 2. The molecule has 2 aromatic rings. The number of carbonyl (C=O) groups excluding carboxylic acids is 1. The van der Waals surface area contributed by atoms with Gasteiger partial charge in [0.05, 0.1) is 12.2 Å². The highest BCUT2D eigenvalue weighted by molar-refractivity contribution is 6.06. The van der Waals surface area contributed by atoms with Gasteiger partial charge in [-0.05, 0) is 84.6 Å². The minimum Gasteiger partial charge on any atom is -0.462 e. The molecule has 4 aliphatic rings. The van der Waals surface area contributed by atoms with E-state index in [1.54, 1.807) is 0 Å². The Balaban J connectivity index is 1.64. The van der Waals surface area contributed by atoms with Crippen LogP contribution in [0.3, 0.4) is 0 Å². The topological polar surface area (TPSA) is 26.3 Å². The SMILES string of the molecule is CCOC(=O)c1cccc2cccc(C34C5C=CC(C5)C3C3CCC4C3)c12. The largest absolute Gasteiger partial charge is 0.462 e. The van der Waals surface area contributed by atoms with Crippen LogP contribution in [0.4, 0.5) is 0 Å². The van der Waals surface area contributed by atoms with Gasteiger partial charge in [-0.15, -0.1) is 0 Å².